The minimum Gasteiger partial charge on any atom is -0.497 e. The number of benzene rings is 3. The standard InChI is InChI=1S/C27H17F5N2O2/c1-36-22-12-7-19(8-13-22)17-34-24-14-11-21(29)16-23(24)26(27(30,31)32,33-25(34)35)15-3-2-4-18-5-9-20(28)10-6-18/h5-14,16H,17H2,1H3,(H,33,35)/t26-/m1/s1. The van der Waals surface area contributed by atoms with Gasteiger partial charge in [0, 0.05) is 11.1 Å². The maximum atomic E-state index is 14.5. The Hall–Kier alpha value is -4.50. The van der Waals surface area contributed by atoms with Gasteiger partial charge in [0.25, 0.3) is 0 Å². The van der Waals surface area contributed by atoms with Crippen molar-refractivity contribution in [1.29, 1.82) is 0 Å². The normalized spacial score (nSPS) is 16.6. The second-order valence-electron chi connectivity index (χ2n) is 7.78. The van der Waals surface area contributed by atoms with Crippen LogP contribution in [0.5, 0.6) is 5.75 Å². The first kappa shape index (κ1) is 24.6. The van der Waals surface area contributed by atoms with E-state index in [9.17, 15) is 26.7 Å². The van der Waals surface area contributed by atoms with Crippen LogP contribution in [0, 0.1) is 35.3 Å². The molecule has 1 atom stereocenters. The summed E-state index contributed by atoms with van der Waals surface area (Å²) in [4.78, 5) is 14.1. The van der Waals surface area contributed by atoms with Gasteiger partial charge in [0.1, 0.15) is 17.4 Å². The van der Waals surface area contributed by atoms with Gasteiger partial charge in [-0.3, -0.25) is 4.90 Å². The molecule has 2 amide bonds. The van der Waals surface area contributed by atoms with Crippen LogP contribution in [0.1, 0.15) is 16.7 Å². The highest BCUT2D eigenvalue weighted by molar-refractivity contribution is 5.97. The van der Waals surface area contributed by atoms with Gasteiger partial charge in [-0.15, -0.1) is 0 Å². The number of fused-ring (bicyclic) bond motifs is 1. The number of hydrogen-bond acceptors (Lipinski definition) is 2. The molecule has 3 aromatic rings. The van der Waals surface area contributed by atoms with E-state index in [1.165, 1.54) is 19.2 Å². The van der Waals surface area contributed by atoms with E-state index in [1.807, 2.05) is 11.2 Å². The van der Waals surface area contributed by atoms with E-state index in [1.54, 1.807) is 24.3 Å². The third-order valence-corrected chi connectivity index (χ3v) is 5.48. The molecule has 0 fully saturated rings. The largest absolute Gasteiger partial charge is 0.497 e. The van der Waals surface area contributed by atoms with E-state index >= 15 is 0 Å². The number of halogens is 5. The van der Waals surface area contributed by atoms with E-state index < -0.39 is 34.9 Å². The monoisotopic (exact) mass is 496 g/mol. The number of nitrogens with zero attached hydrogens (tertiary/aromatic N) is 1. The van der Waals surface area contributed by atoms with Crippen LogP contribution in [0.2, 0.25) is 0 Å². The van der Waals surface area contributed by atoms with Crippen LogP contribution in [-0.2, 0) is 12.1 Å². The molecular formula is C27H17F5N2O2. The summed E-state index contributed by atoms with van der Waals surface area (Å²) in [5.74, 6) is 8.07. The van der Waals surface area contributed by atoms with Crippen molar-refractivity contribution < 1.29 is 31.5 Å². The van der Waals surface area contributed by atoms with Gasteiger partial charge in [-0.2, -0.15) is 13.2 Å². The van der Waals surface area contributed by atoms with Crippen LogP contribution in [0.15, 0.2) is 66.7 Å². The van der Waals surface area contributed by atoms with Gasteiger partial charge in [-0.25, -0.2) is 13.6 Å². The molecule has 1 N–H and O–H groups in total. The van der Waals surface area contributed by atoms with Crippen LogP contribution in [0.25, 0.3) is 0 Å². The topological polar surface area (TPSA) is 41.6 Å². The number of alkyl halides is 3. The molecule has 0 saturated carbocycles. The molecule has 3 aromatic carbocycles. The van der Waals surface area contributed by atoms with Crippen molar-refractivity contribution in [1.82, 2.24) is 5.32 Å². The van der Waals surface area contributed by atoms with Gasteiger partial charge in [0.2, 0.25) is 5.54 Å². The number of urea groups is 1. The molecular weight excluding hydrogens is 479 g/mol. The molecule has 4 nitrogen and oxygen atoms in total. The molecule has 4 rings (SSSR count). The fourth-order valence-corrected chi connectivity index (χ4v) is 3.67. The highest BCUT2D eigenvalue weighted by Gasteiger charge is 2.60. The first-order valence-corrected chi connectivity index (χ1v) is 10.5. The Balaban J connectivity index is 1.77. The Morgan fingerprint density at radius 2 is 1.61 bits per heavy atom. The number of ether oxygens (including phenoxy) is 1. The van der Waals surface area contributed by atoms with Gasteiger partial charge in [-0.1, -0.05) is 18.1 Å². The van der Waals surface area contributed by atoms with Crippen molar-refractivity contribution in [3.05, 3.63) is 95.1 Å². The van der Waals surface area contributed by atoms with Crippen molar-refractivity contribution in [2.75, 3.05) is 12.0 Å². The molecule has 0 aromatic heterocycles. The highest BCUT2D eigenvalue weighted by atomic mass is 19.4. The minimum atomic E-state index is -5.11. The lowest BCUT2D eigenvalue weighted by atomic mass is 9.85. The average Bonchev–Trinajstić information content (AvgIpc) is 2.85. The van der Waals surface area contributed by atoms with Gasteiger partial charge in [0.05, 0.1) is 19.3 Å². The molecule has 182 valence electrons. The maximum Gasteiger partial charge on any atom is 0.427 e. The number of anilines is 1. The predicted molar refractivity (Wildman–Crippen MR) is 123 cm³/mol. The lowest BCUT2D eigenvalue weighted by Crippen LogP contribution is -2.62. The molecule has 0 saturated heterocycles. The highest BCUT2D eigenvalue weighted by Crippen LogP contribution is 2.46. The lowest BCUT2D eigenvalue weighted by Gasteiger charge is -2.41. The van der Waals surface area contributed by atoms with Crippen molar-refractivity contribution in [2.45, 2.75) is 18.3 Å². The van der Waals surface area contributed by atoms with Gasteiger partial charge in [-0.05, 0) is 77.9 Å². The number of carbonyl (C=O) groups excluding carboxylic acids is 1. The van der Waals surface area contributed by atoms with E-state index in [4.69, 9.17) is 4.74 Å². The van der Waals surface area contributed by atoms with Crippen molar-refractivity contribution in [3.63, 3.8) is 0 Å². The summed E-state index contributed by atoms with van der Waals surface area (Å²) in [6.07, 6.45) is -5.11. The van der Waals surface area contributed by atoms with Crippen LogP contribution in [0.4, 0.5) is 32.4 Å². The van der Waals surface area contributed by atoms with E-state index in [2.05, 4.69) is 17.8 Å². The van der Waals surface area contributed by atoms with Crippen molar-refractivity contribution in [2.24, 2.45) is 0 Å². The summed E-state index contributed by atoms with van der Waals surface area (Å²) >= 11 is 0. The zero-order valence-corrected chi connectivity index (χ0v) is 18.7. The Morgan fingerprint density at radius 3 is 2.25 bits per heavy atom. The van der Waals surface area contributed by atoms with Crippen molar-refractivity contribution >= 4 is 11.7 Å². The number of amides is 2. The molecule has 0 bridgehead atoms. The third-order valence-electron chi connectivity index (χ3n) is 5.48. The van der Waals surface area contributed by atoms with Crippen molar-refractivity contribution in [3.8, 4) is 29.4 Å². The Labute approximate surface area is 203 Å². The second kappa shape index (κ2) is 9.63. The number of carbonyl (C=O) groups is 1. The average molecular weight is 496 g/mol. The third kappa shape index (κ3) is 4.82. The fourth-order valence-electron chi connectivity index (χ4n) is 3.67. The fraction of sp³-hybridized carbons (Fsp3) is 0.148. The van der Waals surface area contributed by atoms with Crippen LogP contribution >= 0.6 is 0 Å². The molecule has 1 heterocycles. The van der Waals surface area contributed by atoms with Gasteiger partial charge >= 0.3 is 12.2 Å². The number of rotatable bonds is 3. The molecule has 1 aliphatic heterocycles. The zero-order valence-electron chi connectivity index (χ0n) is 18.7. The number of nitrogens with one attached hydrogen (secondary N) is 1. The van der Waals surface area contributed by atoms with Crippen LogP contribution in [-0.4, -0.2) is 19.3 Å². The Morgan fingerprint density at radius 1 is 0.944 bits per heavy atom. The predicted octanol–water partition coefficient (Wildman–Crippen LogP) is 5.52. The summed E-state index contributed by atoms with van der Waals surface area (Å²) in [5, 5.41) is 1.93. The summed E-state index contributed by atoms with van der Waals surface area (Å²) in [6, 6.07) is 13.3. The van der Waals surface area contributed by atoms with Crippen LogP contribution in [0.3, 0.4) is 0 Å². The quantitative estimate of drug-likeness (QED) is 0.384. The molecule has 0 radical (unpaired) electrons. The molecule has 0 unspecified atom stereocenters. The smallest absolute Gasteiger partial charge is 0.427 e. The Kier molecular flexibility index (Phi) is 6.59. The van der Waals surface area contributed by atoms with E-state index in [0.717, 1.165) is 29.2 Å². The summed E-state index contributed by atoms with van der Waals surface area (Å²) < 4.78 is 75.7. The van der Waals surface area contributed by atoms with E-state index in [-0.39, 0.29) is 12.2 Å². The first-order valence-electron chi connectivity index (χ1n) is 10.5. The number of methoxy groups -OCH3 is 1. The molecule has 36 heavy (non-hydrogen) atoms. The first-order chi connectivity index (χ1) is 17.1. The molecule has 9 heteroatoms. The molecule has 0 aliphatic carbocycles. The molecule has 0 spiro atoms. The van der Waals surface area contributed by atoms with E-state index in [0.29, 0.717) is 22.9 Å². The summed E-state index contributed by atoms with van der Waals surface area (Å²) in [7, 11) is 1.49. The Bertz CT molecular complexity index is 1410. The number of hydrogen-bond donors (Lipinski definition) is 1. The lowest BCUT2D eigenvalue weighted by molar-refractivity contribution is -0.179. The minimum absolute atomic E-state index is 0.0831. The zero-order chi connectivity index (χ0) is 25.9. The van der Waals surface area contributed by atoms with Gasteiger partial charge < -0.3 is 10.1 Å². The molecule has 1 aliphatic rings. The maximum absolute atomic E-state index is 14.5. The van der Waals surface area contributed by atoms with Gasteiger partial charge in [0.15, 0.2) is 0 Å². The summed E-state index contributed by atoms with van der Waals surface area (Å²) in [5.41, 5.74) is -2.98. The second-order valence-corrected chi connectivity index (χ2v) is 7.78. The van der Waals surface area contributed by atoms with Crippen LogP contribution < -0.4 is 15.0 Å². The SMILES string of the molecule is COc1ccc(CN2C(=O)N[C@@](C#CC#Cc3ccc(F)cc3)(C(F)(F)F)c3cc(F)ccc32)cc1. The summed E-state index contributed by atoms with van der Waals surface area (Å²) in [6.45, 7) is -0.0831.